The zero-order chi connectivity index (χ0) is 13.3. The highest BCUT2D eigenvalue weighted by Gasteiger charge is 2.57. The molecule has 1 aromatic rings. The predicted octanol–water partition coefficient (Wildman–Crippen LogP) is 2.80. The Balaban J connectivity index is 2.08. The fourth-order valence-electron chi connectivity index (χ4n) is 1.54. The maximum absolute atomic E-state index is 11.7. The van der Waals surface area contributed by atoms with Gasteiger partial charge in [-0.25, -0.2) is 0 Å². The summed E-state index contributed by atoms with van der Waals surface area (Å²) in [4.78, 5) is 11.7. The van der Waals surface area contributed by atoms with Gasteiger partial charge in [0, 0.05) is 6.07 Å². The van der Waals surface area contributed by atoms with Crippen LogP contribution in [-0.4, -0.2) is 24.5 Å². The molecule has 1 aliphatic rings. The second kappa shape index (κ2) is 4.86. The summed E-state index contributed by atoms with van der Waals surface area (Å²) in [5.74, 6) is 0.518. The van der Waals surface area contributed by atoms with E-state index in [0.717, 1.165) is 0 Å². The SMILES string of the molecule is COc1ccc(OC(=O)[C@@H]2CC2(Cl)Cl)cc1OC. The molecule has 0 aromatic heterocycles. The maximum atomic E-state index is 11.7. The summed E-state index contributed by atoms with van der Waals surface area (Å²) < 4.78 is 14.4. The molecule has 0 spiro atoms. The molecule has 0 bridgehead atoms. The number of benzene rings is 1. The summed E-state index contributed by atoms with van der Waals surface area (Å²) in [5, 5.41) is 0. The Morgan fingerprint density at radius 2 is 1.89 bits per heavy atom. The second-order valence-electron chi connectivity index (χ2n) is 3.96. The number of esters is 1. The third-order valence-electron chi connectivity index (χ3n) is 2.68. The minimum Gasteiger partial charge on any atom is -0.493 e. The first-order valence-corrected chi connectivity index (χ1v) is 6.05. The molecule has 0 unspecified atom stereocenters. The molecule has 0 radical (unpaired) electrons. The lowest BCUT2D eigenvalue weighted by molar-refractivity contribution is -0.135. The van der Waals surface area contributed by atoms with Gasteiger partial charge in [0.15, 0.2) is 11.5 Å². The lowest BCUT2D eigenvalue weighted by Crippen LogP contribution is -2.13. The molecule has 6 heteroatoms. The highest BCUT2D eigenvalue weighted by atomic mass is 35.5. The van der Waals surface area contributed by atoms with Crippen LogP contribution in [0.3, 0.4) is 0 Å². The summed E-state index contributed by atoms with van der Waals surface area (Å²) in [6, 6.07) is 4.85. The highest BCUT2D eigenvalue weighted by molar-refractivity contribution is 6.52. The van der Waals surface area contributed by atoms with Crippen molar-refractivity contribution in [1.82, 2.24) is 0 Å². The molecule has 1 saturated carbocycles. The lowest BCUT2D eigenvalue weighted by atomic mass is 10.3. The van der Waals surface area contributed by atoms with Crippen LogP contribution in [0.2, 0.25) is 0 Å². The fraction of sp³-hybridized carbons (Fsp3) is 0.417. The molecule has 2 rings (SSSR count). The van der Waals surface area contributed by atoms with E-state index in [9.17, 15) is 4.79 Å². The van der Waals surface area contributed by atoms with E-state index >= 15 is 0 Å². The molecule has 0 heterocycles. The van der Waals surface area contributed by atoms with Crippen LogP contribution in [0.5, 0.6) is 17.2 Å². The van der Waals surface area contributed by atoms with Crippen LogP contribution in [0.1, 0.15) is 6.42 Å². The largest absolute Gasteiger partial charge is 0.493 e. The first kappa shape index (κ1) is 13.3. The number of carbonyl (C=O) groups excluding carboxylic acids is 1. The highest BCUT2D eigenvalue weighted by Crippen LogP contribution is 2.53. The molecule has 1 aromatic carbocycles. The van der Waals surface area contributed by atoms with Crippen molar-refractivity contribution in [3.05, 3.63) is 18.2 Å². The van der Waals surface area contributed by atoms with Gasteiger partial charge in [-0.2, -0.15) is 0 Å². The van der Waals surface area contributed by atoms with Crippen molar-refractivity contribution in [2.45, 2.75) is 10.8 Å². The van der Waals surface area contributed by atoms with E-state index in [4.69, 9.17) is 37.4 Å². The summed E-state index contributed by atoms with van der Waals surface area (Å²) in [7, 11) is 3.04. The molecule has 0 aliphatic heterocycles. The molecule has 1 fully saturated rings. The standard InChI is InChI=1S/C12H12Cl2O4/c1-16-9-4-3-7(5-10(9)17-2)18-11(15)8-6-12(8,13)14/h3-5,8H,6H2,1-2H3/t8-/m0/s1. The topological polar surface area (TPSA) is 44.8 Å². The second-order valence-corrected chi connectivity index (χ2v) is 5.50. The van der Waals surface area contributed by atoms with Gasteiger partial charge in [0.05, 0.1) is 20.1 Å². The van der Waals surface area contributed by atoms with Gasteiger partial charge >= 0.3 is 5.97 Å². The van der Waals surface area contributed by atoms with Crippen LogP contribution in [0.15, 0.2) is 18.2 Å². The van der Waals surface area contributed by atoms with E-state index < -0.39 is 16.2 Å². The van der Waals surface area contributed by atoms with E-state index in [0.29, 0.717) is 23.7 Å². The Kier molecular flexibility index (Phi) is 3.59. The van der Waals surface area contributed by atoms with Crippen LogP contribution < -0.4 is 14.2 Å². The fourth-order valence-corrected chi connectivity index (χ4v) is 2.02. The summed E-state index contributed by atoms with van der Waals surface area (Å²) in [5.41, 5.74) is 0. The number of hydrogen-bond donors (Lipinski definition) is 0. The molecule has 0 N–H and O–H groups in total. The Labute approximate surface area is 115 Å². The van der Waals surface area contributed by atoms with Crippen molar-refractivity contribution in [2.24, 2.45) is 5.92 Å². The van der Waals surface area contributed by atoms with Crippen molar-refractivity contribution in [3.63, 3.8) is 0 Å². The minimum absolute atomic E-state index is 0.369. The molecule has 0 saturated heterocycles. The third-order valence-corrected chi connectivity index (χ3v) is 3.52. The van der Waals surface area contributed by atoms with Gasteiger partial charge in [0.2, 0.25) is 0 Å². The van der Waals surface area contributed by atoms with Crippen molar-refractivity contribution in [3.8, 4) is 17.2 Å². The van der Waals surface area contributed by atoms with Gasteiger partial charge in [-0.3, -0.25) is 4.79 Å². The van der Waals surface area contributed by atoms with Crippen LogP contribution in [0.25, 0.3) is 0 Å². The molecule has 1 aliphatic carbocycles. The van der Waals surface area contributed by atoms with Gasteiger partial charge in [-0.1, -0.05) is 0 Å². The first-order chi connectivity index (χ1) is 8.47. The minimum atomic E-state index is -0.979. The Morgan fingerprint density at radius 1 is 1.28 bits per heavy atom. The zero-order valence-electron chi connectivity index (χ0n) is 9.91. The summed E-state index contributed by atoms with van der Waals surface area (Å²) in [6.45, 7) is 0. The van der Waals surface area contributed by atoms with Crippen LogP contribution >= 0.6 is 23.2 Å². The first-order valence-electron chi connectivity index (χ1n) is 5.29. The van der Waals surface area contributed by atoms with Gasteiger partial charge in [-0.15, -0.1) is 23.2 Å². The molecular formula is C12H12Cl2O4. The summed E-state index contributed by atoms with van der Waals surface area (Å²) in [6.07, 6.45) is 0.419. The Morgan fingerprint density at radius 3 is 2.39 bits per heavy atom. The monoisotopic (exact) mass is 290 g/mol. The number of ether oxygens (including phenoxy) is 3. The third kappa shape index (κ3) is 2.65. The van der Waals surface area contributed by atoms with Gasteiger partial charge in [0.1, 0.15) is 10.1 Å². The number of alkyl halides is 2. The molecule has 0 amide bonds. The predicted molar refractivity (Wildman–Crippen MR) is 67.7 cm³/mol. The van der Waals surface area contributed by atoms with E-state index in [1.165, 1.54) is 14.2 Å². The van der Waals surface area contributed by atoms with Gasteiger partial charge in [-0.05, 0) is 18.6 Å². The number of carbonyl (C=O) groups is 1. The molecule has 1 atom stereocenters. The van der Waals surface area contributed by atoms with Crippen LogP contribution in [0.4, 0.5) is 0 Å². The van der Waals surface area contributed by atoms with Crippen LogP contribution in [0, 0.1) is 5.92 Å². The number of halogens is 2. The van der Waals surface area contributed by atoms with Crippen molar-refractivity contribution in [1.29, 1.82) is 0 Å². The van der Waals surface area contributed by atoms with E-state index in [2.05, 4.69) is 0 Å². The Bertz CT molecular complexity index is 473. The van der Waals surface area contributed by atoms with Crippen LogP contribution in [-0.2, 0) is 4.79 Å². The lowest BCUT2D eigenvalue weighted by Gasteiger charge is -2.09. The number of methoxy groups -OCH3 is 2. The number of hydrogen-bond acceptors (Lipinski definition) is 4. The van der Waals surface area contributed by atoms with Crippen molar-refractivity contribution in [2.75, 3.05) is 14.2 Å². The quantitative estimate of drug-likeness (QED) is 0.486. The van der Waals surface area contributed by atoms with E-state index in [-0.39, 0.29) is 0 Å². The van der Waals surface area contributed by atoms with Crippen molar-refractivity contribution >= 4 is 29.2 Å². The van der Waals surface area contributed by atoms with Gasteiger partial charge in [0.25, 0.3) is 0 Å². The van der Waals surface area contributed by atoms with E-state index in [1.807, 2.05) is 0 Å². The molecule has 98 valence electrons. The average Bonchev–Trinajstić information content (AvgIpc) is 2.98. The average molecular weight is 291 g/mol. The number of rotatable bonds is 4. The summed E-state index contributed by atoms with van der Waals surface area (Å²) >= 11 is 11.6. The Hall–Kier alpha value is -1.13. The molecule has 18 heavy (non-hydrogen) atoms. The van der Waals surface area contributed by atoms with Gasteiger partial charge < -0.3 is 14.2 Å². The van der Waals surface area contributed by atoms with E-state index in [1.54, 1.807) is 18.2 Å². The maximum Gasteiger partial charge on any atom is 0.317 e. The normalized spacial score (nSPS) is 20.1. The molecule has 4 nitrogen and oxygen atoms in total. The zero-order valence-corrected chi connectivity index (χ0v) is 11.4. The molecular weight excluding hydrogens is 279 g/mol. The smallest absolute Gasteiger partial charge is 0.317 e. The van der Waals surface area contributed by atoms with Crippen molar-refractivity contribution < 1.29 is 19.0 Å².